The maximum Gasteiger partial charge on any atom is 0.261 e. The van der Waals surface area contributed by atoms with E-state index in [1.165, 1.54) is 23.2 Å². The summed E-state index contributed by atoms with van der Waals surface area (Å²) in [5.74, 6) is 0. The molecule has 2 aromatic carbocycles. The monoisotopic (exact) mass is 414 g/mol. The van der Waals surface area contributed by atoms with Crippen LogP contribution in [0.1, 0.15) is 47.0 Å². The maximum absolute atomic E-state index is 6.80. The average Bonchev–Trinajstić information content (AvgIpc) is 2.72. The molecule has 0 amide bonds. The Kier molecular flexibility index (Phi) is 10.1. The van der Waals surface area contributed by atoms with Crippen LogP contribution in [0.5, 0.6) is 0 Å². The van der Waals surface area contributed by atoms with E-state index in [4.69, 9.17) is 13.9 Å². The summed E-state index contributed by atoms with van der Waals surface area (Å²) in [5, 5.41) is 2.61. The highest BCUT2D eigenvalue weighted by molar-refractivity contribution is 6.99. The summed E-state index contributed by atoms with van der Waals surface area (Å²) >= 11 is 0. The molecule has 0 aliphatic carbocycles. The summed E-state index contributed by atoms with van der Waals surface area (Å²) in [6.45, 7) is 12.4. The molecule has 160 valence electrons. The minimum atomic E-state index is -2.45. The number of hydrogen-bond acceptors (Lipinski definition) is 3. The Bertz CT molecular complexity index is 628. The summed E-state index contributed by atoms with van der Waals surface area (Å²) in [4.78, 5) is 0. The van der Waals surface area contributed by atoms with Crippen LogP contribution in [0.4, 0.5) is 0 Å². The molecule has 29 heavy (non-hydrogen) atoms. The van der Waals surface area contributed by atoms with E-state index in [1.54, 1.807) is 0 Å². The molecular weight excluding hydrogens is 376 g/mol. The largest absolute Gasteiger partial charge is 0.405 e. The van der Waals surface area contributed by atoms with Gasteiger partial charge < -0.3 is 13.9 Å². The van der Waals surface area contributed by atoms with E-state index in [1.807, 2.05) is 0 Å². The molecule has 0 aromatic heterocycles. The molecule has 4 heteroatoms. The molecule has 0 saturated carbocycles. The molecule has 0 N–H and O–H groups in total. The van der Waals surface area contributed by atoms with Crippen LogP contribution in [-0.2, 0) is 13.9 Å². The highest BCUT2D eigenvalue weighted by atomic mass is 28.4. The Balaban J connectivity index is 2.00. The molecule has 0 fully saturated rings. The molecule has 0 spiro atoms. The SMILES string of the molecule is CCCCCOCCOCCO[Si](c1ccccc1)(c1ccccc1)C(C)(C)C. The molecule has 0 saturated heterocycles. The smallest absolute Gasteiger partial charge is 0.261 e. The lowest BCUT2D eigenvalue weighted by atomic mass is 10.2. The Morgan fingerprint density at radius 1 is 0.655 bits per heavy atom. The van der Waals surface area contributed by atoms with Crippen molar-refractivity contribution < 1.29 is 13.9 Å². The quantitative estimate of drug-likeness (QED) is 0.348. The molecule has 3 nitrogen and oxygen atoms in total. The zero-order valence-corrected chi connectivity index (χ0v) is 19.7. The fourth-order valence-electron chi connectivity index (χ4n) is 3.79. The Labute approximate surface area is 178 Å². The van der Waals surface area contributed by atoms with Crippen LogP contribution in [0.2, 0.25) is 5.04 Å². The third kappa shape index (κ3) is 6.78. The van der Waals surface area contributed by atoms with Gasteiger partial charge in [-0.25, -0.2) is 0 Å². The highest BCUT2D eigenvalue weighted by Crippen LogP contribution is 2.36. The second-order valence-corrected chi connectivity index (χ2v) is 12.7. The first-order valence-corrected chi connectivity index (χ1v) is 12.8. The summed E-state index contributed by atoms with van der Waals surface area (Å²) in [6, 6.07) is 21.5. The van der Waals surface area contributed by atoms with Crippen molar-refractivity contribution in [3.05, 3.63) is 60.7 Å². The Hall–Kier alpha value is -1.46. The first-order valence-electron chi connectivity index (χ1n) is 10.9. The van der Waals surface area contributed by atoms with Gasteiger partial charge in [0.1, 0.15) is 0 Å². The van der Waals surface area contributed by atoms with Crippen LogP contribution in [0.3, 0.4) is 0 Å². The average molecular weight is 415 g/mol. The molecule has 2 rings (SSSR count). The van der Waals surface area contributed by atoms with Gasteiger partial charge in [0.25, 0.3) is 8.32 Å². The van der Waals surface area contributed by atoms with Crippen LogP contribution < -0.4 is 10.4 Å². The lowest BCUT2D eigenvalue weighted by molar-refractivity contribution is 0.0341. The van der Waals surface area contributed by atoms with Gasteiger partial charge in [-0.2, -0.15) is 0 Å². The van der Waals surface area contributed by atoms with Crippen molar-refractivity contribution in [1.29, 1.82) is 0 Å². The highest BCUT2D eigenvalue weighted by Gasteiger charge is 2.49. The number of ether oxygens (including phenoxy) is 2. The third-order valence-corrected chi connectivity index (χ3v) is 10.3. The van der Waals surface area contributed by atoms with Crippen molar-refractivity contribution in [1.82, 2.24) is 0 Å². The molecular formula is C25H38O3Si. The normalized spacial score (nSPS) is 12.3. The van der Waals surface area contributed by atoms with Crippen molar-refractivity contribution in [3.8, 4) is 0 Å². The topological polar surface area (TPSA) is 27.7 Å². The fourth-order valence-corrected chi connectivity index (χ4v) is 8.34. The van der Waals surface area contributed by atoms with Gasteiger partial charge >= 0.3 is 0 Å². The van der Waals surface area contributed by atoms with Crippen molar-refractivity contribution in [2.75, 3.05) is 33.0 Å². The lowest BCUT2D eigenvalue weighted by Crippen LogP contribution is -2.66. The van der Waals surface area contributed by atoms with Crippen molar-refractivity contribution in [2.45, 2.75) is 52.0 Å². The van der Waals surface area contributed by atoms with E-state index in [0.717, 1.165) is 13.0 Å². The zero-order chi connectivity index (χ0) is 21.0. The molecule has 0 heterocycles. The standard InChI is InChI=1S/C25H38O3Si/c1-5-6-13-18-26-19-20-27-21-22-28-29(25(2,3)4,23-14-9-7-10-15-23)24-16-11-8-12-17-24/h7-12,14-17H,5-6,13,18-22H2,1-4H3. The first-order chi connectivity index (χ1) is 14.0. The molecule has 0 unspecified atom stereocenters. The third-order valence-electron chi connectivity index (χ3n) is 5.23. The second-order valence-electron chi connectivity index (χ2n) is 8.44. The summed E-state index contributed by atoms with van der Waals surface area (Å²) in [5.41, 5.74) is 0. The van der Waals surface area contributed by atoms with E-state index in [2.05, 4.69) is 88.4 Å². The predicted molar refractivity (Wildman–Crippen MR) is 125 cm³/mol. The Morgan fingerprint density at radius 3 is 1.62 bits per heavy atom. The lowest BCUT2D eigenvalue weighted by Gasteiger charge is -2.43. The van der Waals surface area contributed by atoms with Gasteiger partial charge in [-0.1, -0.05) is 101 Å². The van der Waals surface area contributed by atoms with Crippen LogP contribution in [0.15, 0.2) is 60.7 Å². The molecule has 2 aromatic rings. The molecule has 0 radical (unpaired) electrons. The van der Waals surface area contributed by atoms with Crippen LogP contribution in [0.25, 0.3) is 0 Å². The molecule has 0 bridgehead atoms. The Morgan fingerprint density at radius 2 is 1.14 bits per heavy atom. The first kappa shape index (κ1) is 23.8. The van der Waals surface area contributed by atoms with Crippen molar-refractivity contribution in [3.63, 3.8) is 0 Å². The van der Waals surface area contributed by atoms with Gasteiger partial charge in [-0.05, 0) is 21.8 Å². The minimum Gasteiger partial charge on any atom is -0.405 e. The second kappa shape index (κ2) is 12.3. The fraction of sp³-hybridized carbons (Fsp3) is 0.520. The maximum atomic E-state index is 6.80. The van der Waals surface area contributed by atoms with Crippen molar-refractivity contribution in [2.24, 2.45) is 0 Å². The van der Waals surface area contributed by atoms with E-state index >= 15 is 0 Å². The van der Waals surface area contributed by atoms with E-state index < -0.39 is 8.32 Å². The van der Waals surface area contributed by atoms with Crippen LogP contribution in [0, 0.1) is 0 Å². The summed E-state index contributed by atoms with van der Waals surface area (Å²) in [7, 11) is -2.45. The molecule has 0 atom stereocenters. The van der Waals surface area contributed by atoms with Gasteiger partial charge in [-0.15, -0.1) is 0 Å². The van der Waals surface area contributed by atoms with Gasteiger partial charge in [0, 0.05) is 6.61 Å². The van der Waals surface area contributed by atoms with Crippen molar-refractivity contribution >= 4 is 18.7 Å². The van der Waals surface area contributed by atoms with Gasteiger partial charge in [0.05, 0.1) is 26.4 Å². The van der Waals surface area contributed by atoms with Gasteiger partial charge in [-0.3, -0.25) is 0 Å². The van der Waals surface area contributed by atoms with Gasteiger partial charge in [0.15, 0.2) is 0 Å². The van der Waals surface area contributed by atoms with E-state index in [0.29, 0.717) is 26.4 Å². The van der Waals surface area contributed by atoms with E-state index in [-0.39, 0.29) is 5.04 Å². The molecule has 0 aliphatic heterocycles. The molecule has 0 aliphatic rings. The number of hydrogen-bond donors (Lipinski definition) is 0. The van der Waals surface area contributed by atoms with Gasteiger partial charge in [0.2, 0.25) is 0 Å². The number of unbranched alkanes of at least 4 members (excludes halogenated alkanes) is 2. The number of benzene rings is 2. The summed E-state index contributed by atoms with van der Waals surface area (Å²) < 4.78 is 18.2. The van der Waals surface area contributed by atoms with E-state index in [9.17, 15) is 0 Å². The minimum absolute atomic E-state index is 0.00189. The van der Waals surface area contributed by atoms with Crippen LogP contribution >= 0.6 is 0 Å². The van der Waals surface area contributed by atoms with Crippen LogP contribution in [-0.4, -0.2) is 41.4 Å². The number of rotatable bonds is 13. The predicted octanol–water partition coefficient (Wildman–Crippen LogP) is 4.79. The summed E-state index contributed by atoms with van der Waals surface area (Å²) in [6.07, 6.45) is 3.58. The zero-order valence-electron chi connectivity index (χ0n) is 18.7.